The number of rotatable bonds is 4. The summed E-state index contributed by atoms with van der Waals surface area (Å²) in [6.45, 7) is 1.99. The summed E-state index contributed by atoms with van der Waals surface area (Å²) in [6, 6.07) is 6.25. The van der Waals surface area contributed by atoms with Crippen molar-refractivity contribution >= 4 is 29.4 Å². The summed E-state index contributed by atoms with van der Waals surface area (Å²) in [5, 5.41) is 0. The number of thioether (sulfide) groups is 1. The normalized spacial score (nSPS) is 12.9. The largest absolute Gasteiger partial charge is 0.446 e. The van der Waals surface area contributed by atoms with Gasteiger partial charge in [-0.25, -0.2) is 0 Å². The predicted octanol–water partition coefficient (Wildman–Crippen LogP) is 5.33. The lowest BCUT2D eigenvalue weighted by Crippen LogP contribution is -1.98. The first kappa shape index (κ1) is 14.5. The van der Waals surface area contributed by atoms with Crippen molar-refractivity contribution in [2.24, 2.45) is 0 Å². The third kappa shape index (κ3) is 5.50. The predicted molar refractivity (Wildman–Crippen MR) is 67.3 cm³/mol. The van der Waals surface area contributed by atoms with Crippen LogP contribution >= 0.6 is 23.4 Å². The Morgan fingerprint density at radius 3 is 2.29 bits per heavy atom. The van der Waals surface area contributed by atoms with Gasteiger partial charge in [0.1, 0.15) is 0 Å². The fraction of sp³-hybridized carbons (Fsp3) is 0.333. The van der Waals surface area contributed by atoms with Crippen LogP contribution in [0.25, 0.3) is 6.08 Å². The van der Waals surface area contributed by atoms with Crippen molar-refractivity contribution in [3.63, 3.8) is 0 Å². The summed E-state index contributed by atoms with van der Waals surface area (Å²) in [5.74, 6) is 0.440. The molecule has 0 atom stereocenters. The Balaban J connectivity index is 2.78. The summed E-state index contributed by atoms with van der Waals surface area (Å²) in [5.41, 5.74) is -2.31. The molecule has 0 aliphatic heterocycles. The topological polar surface area (TPSA) is 0 Å². The first-order valence-electron chi connectivity index (χ1n) is 5.06. The van der Waals surface area contributed by atoms with Gasteiger partial charge in [-0.3, -0.25) is 0 Å². The first-order valence-corrected chi connectivity index (χ1v) is 6.41. The van der Waals surface area contributed by atoms with Crippen molar-refractivity contribution in [2.75, 3.05) is 5.88 Å². The minimum atomic E-state index is -4.23. The zero-order chi connectivity index (χ0) is 12.9. The van der Waals surface area contributed by atoms with E-state index in [0.29, 0.717) is 5.88 Å². The van der Waals surface area contributed by atoms with E-state index in [9.17, 15) is 13.2 Å². The van der Waals surface area contributed by atoms with Crippen LogP contribution in [0.5, 0.6) is 0 Å². The molecule has 0 spiro atoms. The second-order valence-corrected chi connectivity index (χ2v) is 4.81. The average molecular weight is 281 g/mol. The van der Waals surface area contributed by atoms with Gasteiger partial charge in [-0.2, -0.15) is 13.2 Å². The van der Waals surface area contributed by atoms with Crippen molar-refractivity contribution in [3.8, 4) is 0 Å². The van der Waals surface area contributed by atoms with Gasteiger partial charge in [-0.05, 0) is 35.9 Å². The third-order valence-electron chi connectivity index (χ3n) is 2.11. The highest BCUT2D eigenvalue weighted by molar-refractivity contribution is 8.00. The van der Waals surface area contributed by atoms with Crippen LogP contribution in [0.15, 0.2) is 34.7 Å². The molecule has 0 heterocycles. The molecule has 0 bridgehead atoms. The Morgan fingerprint density at radius 1 is 1.29 bits per heavy atom. The van der Waals surface area contributed by atoms with Crippen LogP contribution in [0.3, 0.4) is 0 Å². The quantitative estimate of drug-likeness (QED) is 0.530. The van der Waals surface area contributed by atoms with Crippen molar-refractivity contribution in [1.82, 2.24) is 0 Å². The molecule has 0 fully saturated rings. The van der Waals surface area contributed by atoms with Crippen molar-refractivity contribution in [3.05, 3.63) is 35.4 Å². The van der Waals surface area contributed by atoms with Crippen molar-refractivity contribution < 1.29 is 13.2 Å². The highest BCUT2D eigenvalue weighted by Crippen LogP contribution is 2.36. The first-order chi connectivity index (χ1) is 7.94. The van der Waals surface area contributed by atoms with Gasteiger partial charge in [0, 0.05) is 10.8 Å². The number of benzene rings is 1. The molecular formula is C12H12ClF3S. The smallest absolute Gasteiger partial charge is 0.160 e. The highest BCUT2D eigenvalue weighted by Gasteiger charge is 2.28. The second kappa shape index (κ2) is 6.36. The number of alkyl halides is 4. The molecule has 1 aromatic carbocycles. The minimum Gasteiger partial charge on any atom is -0.160 e. The maximum atomic E-state index is 12.1. The lowest BCUT2D eigenvalue weighted by atomic mass is 10.1. The van der Waals surface area contributed by atoms with E-state index in [2.05, 4.69) is 0 Å². The van der Waals surface area contributed by atoms with E-state index in [4.69, 9.17) is 11.6 Å². The molecular weight excluding hydrogens is 269 g/mol. The summed E-state index contributed by atoms with van der Waals surface area (Å²) >= 11 is 5.61. The van der Waals surface area contributed by atoms with Crippen LogP contribution in [-0.2, 0) is 0 Å². The van der Waals surface area contributed by atoms with Crippen molar-refractivity contribution in [1.29, 1.82) is 0 Å². The summed E-state index contributed by atoms with van der Waals surface area (Å²) in [7, 11) is 0. The lowest BCUT2D eigenvalue weighted by Gasteiger charge is -2.05. The Kier molecular flexibility index (Phi) is 5.40. The number of halogens is 4. The van der Waals surface area contributed by atoms with E-state index in [0.717, 1.165) is 17.6 Å². The van der Waals surface area contributed by atoms with E-state index in [-0.39, 0.29) is 16.7 Å². The van der Waals surface area contributed by atoms with Gasteiger partial charge >= 0.3 is 5.51 Å². The van der Waals surface area contributed by atoms with E-state index in [1.165, 1.54) is 12.1 Å². The fourth-order valence-electron chi connectivity index (χ4n) is 1.24. The van der Waals surface area contributed by atoms with Crippen LogP contribution in [-0.4, -0.2) is 11.4 Å². The molecule has 0 aliphatic rings. The molecule has 0 saturated heterocycles. The molecule has 0 saturated carbocycles. The summed E-state index contributed by atoms with van der Waals surface area (Å²) in [4.78, 5) is 0.193. The maximum absolute atomic E-state index is 12.1. The van der Waals surface area contributed by atoms with Crippen LogP contribution < -0.4 is 0 Å². The molecule has 94 valence electrons. The molecule has 17 heavy (non-hydrogen) atoms. The zero-order valence-corrected chi connectivity index (χ0v) is 10.8. The van der Waals surface area contributed by atoms with E-state index < -0.39 is 5.51 Å². The molecule has 1 aromatic rings. The van der Waals surface area contributed by atoms with Gasteiger partial charge in [-0.15, -0.1) is 11.6 Å². The van der Waals surface area contributed by atoms with Gasteiger partial charge < -0.3 is 0 Å². The summed E-state index contributed by atoms with van der Waals surface area (Å²) < 4.78 is 36.3. The van der Waals surface area contributed by atoms with Crippen LogP contribution in [0, 0.1) is 0 Å². The van der Waals surface area contributed by atoms with Gasteiger partial charge in [-0.1, -0.05) is 30.7 Å². The van der Waals surface area contributed by atoms with E-state index in [1.807, 2.05) is 13.0 Å². The lowest BCUT2D eigenvalue weighted by molar-refractivity contribution is -0.0328. The Morgan fingerprint density at radius 2 is 1.88 bits per heavy atom. The SMILES string of the molecule is CCC(=Cc1ccc(SC(F)(F)F)cc1)CCl. The van der Waals surface area contributed by atoms with E-state index >= 15 is 0 Å². The average Bonchev–Trinajstić information content (AvgIpc) is 2.26. The molecule has 0 unspecified atom stereocenters. The maximum Gasteiger partial charge on any atom is 0.446 e. The molecule has 0 aliphatic carbocycles. The second-order valence-electron chi connectivity index (χ2n) is 3.41. The number of allylic oxidation sites excluding steroid dienone is 1. The molecule has 0 nitrogen and oxygen atoms in total. The third-order valence-corrected chi connectivity index (χ3v) is 3.19. The Hall–Kier alpha value is -0.610. The van der Waals surface area contributed by atoms with Crippen LogP contribution in [0.4, 0.5) is 13.2 Å². The molecule has 5 heteroatoms. The van der Waals surface area contributed by atoms with Crippen LogP contribution in [0.1, 0.15) is 18.9 Å². The van der Waals surface area contributed by atoms with Crippen molar-refractivity contribution in [2.45, 2.75) is 23.7 Å². The zero-order valence-electron chi connectivity index (χ0n) is 9.22. The minimum absolute atomic E-state index is 0.107. The van der Waals surface area contributed by atoms with E-state index in [1.54, 1.807) is 12.1 Å². The standard InChI is InChI=1S/C12H12ClF3S/c1-2-9(8-13)7-10-3-5-11(6-4-10)17-12(14,15)16/h3-7H,2,8H2,1H3. The molecule has 0 aromatic heterocycles. The molecule has 0 amide bonds. The van der Waals surface area contributed by atoms with Gasteiger partial charge in [0.05, 0.1) is 0 Å². The Labute approximate surface area is 108 Å². The molecule has 1 rings (SSSR count). The molecule has 0 N–H and O–H groups in total. The number of hydrogen-bond donors (Lipinski definition) is 0. The van der Waals surface area contributed by atoms with Gasteiger partial charge in [0.15, 0.2) is 0 Å². The summed E-state index contributed by atoms with van der Waals surface area (Å²) in [6.07, 6.45) is 2.73. The Bertz CT molecular complexity index is 376. The van der Waals surface area contributed by atoms with Gasteiger partial charge in [0.25, 0.3) is 0 Å². The monoisotopic (exact) mass is 280 g/mol. The van der Waals surface area contributed by atoms with Crippen LogP contribution in [0.2, 0.25) is 0 Å². The number of hydrogen-bond acceptors (Lipinski definition) is 1. The fourth-order valence-corrected chi connectivity index (χ4v) is 2.04. The molecule has 0 radical (unpaired) electrons. The van der Waals surface area contributed by atoms with Gasteiger partial charge in [0.2, 0.25) is 0 Å². The highest BCUT2D eigenvalue weighted by atomic mass is 35.5.